The lowest BCUT2D eigenvalue weighted by molar-refractivity contribution is -0.119. The molecular formula is C25H27BrN2O6S. The number of hydrogen-bond donors (Lipinski definition) is 1. The van der Waals surface area contributed by atoms with Crippen LogP contribution in [0.1, 0.15) is 5.56 Å². The van der Waals surface area contributed by atoms with Crippen LogP contribution in [0, 0.1) is 6.92 Å². The minimum Gasteiger partial charge on any atom is -0.496 e. The Morgan fingerprint density at radius 2 is 1.60 bits per heavy atom. The van der Waals surface area contributed by atoms with E-state index in [4.69, 9.17) is 14.2 Å². The summed E-state index contributed by atoms with van der Waals surface area (Å²) < 4.78 is 44.7. The fourth-order valence-electron chi connectivity index (χ4n) is 3.24. The first-order chi connectivity index (χ1) is 16.8. The SMILES string of the molecule is COc1ccc(S(=O)(=O)N(CC(=O)NCCOc2ccccc2OC)c2ccc(C)cc2)cc1Br. The maximum Gasteiger partial charge on any atom is 0.264 e. The minimum atomic E-state index is -4.05. The van der Waals surface area contributed by atoms with Crippen LogP contribution in [-0.2, 0) is 14.8 Å². The number of carbonyl (C=O) groups excluding carboxylic acids is 1. The van der Waals surface area contributed by atoms with Crippen LogP contribution in [-0.4, -0.2) is 48.2 Å². The summed E-state index contributed by atoms with van der Waals surface area (Å²) in [4.78, 5) is 12.8. The van der Waals surface area contributed by atoms with Gasteiger partial charge in [-0.1, -0.05) is 29.8 Å². The Balaban J connectivity index is 1.74. The summed E-state index contributed by atoms with van der Waals surface area (Å²) in [6, 6.07) is 18.6. The molecule has 10 heteroatoms. The molecule has 0 aliphatic carbocycles. The molecule has 0 radical (unpaired) electrons. The zero-order valence-electron chi connectivity index (χ0n) is 19.7. The Morgan fingerprint density at radius 3 is 2.23 bits per heavy atom. The molecule has 0 saturated heterocycles. The third-order valence-electron chi connectivity index (χ3n) is 5.07. The number of sulfonamides is 1. The molecule has 0 fully saturated rings. The van der Waals surface area contributed by atoms with Crippen LogP contribution in [0.15, 0.2) is 76.1 Å². The zero-order chi connectivity index (χ0) is 25.4. The number of carbonyl (C=O) groups is 1. The minimum absolute atomic E-state index is 0.0260. The van der Waals surface area contributed by atoms with E-state index >= 15 is 0 Å². The lowest BCUT2D eigenvalue weighted by atomic mass is 10.2. The molecule has 3 rings (SSSR count). The van der Waals surface area contributed by atoms with E-state index in [1.807, 2.05) is 19.1 Å². The first-order valence-electron chi connectivity index (χ1n) is 10.7. The number of nitrogens with zero attached hydrogens (tertiary/aromatic N) is 1. The van der Waals surface area contributed by atoms with Gasteiger partial charge in [0.1, 0.15) is 18.9 Å². The molecule has 1 N–H and O–H groups in total. The number of halogens is 1. The van der Waals surface area contributed by atoms with Crippen molar-refractivity contribution in [2.24, 2.45) is 0 Å². The van der Waals surface area contributed by atoms with Gasteiger partial charge in [-0.15, -0.1) is 0 Å². The van der Waals surface area contributed by atoms with Crippen molar-refractivity contribution in [3.8, 4) is 17.2 Å². The standard InChI is InChI=1S/C25H27BrN2O6S/c1-18-8-10-19(11-9-18)28(35(30,31)20-12-13-22(32-2)21(26)16-20)17-25(29)27-14-15-34-24-7-5-4-6-23(24)33-3/h4-13,16H,14-15,17H2,1-3H3,(H,27,29). The number of benzene rings is 3. The fraction of sp³-hybridized carbons (Fsp3) is 0.240. The molecule has 0 saturated carbocycles. The lowest BCUT2D eigenvalue weighted by Gasteiger charge is -2.24. The Kier molecular flexibility index (Phi) is 9.00. The van der Waals surface area contributed by atoms with Gasteiger partial charge in [0.25, 0.3) is 10.0 Å². The van der Waals surface area contributed by atoms with Gasteiger partial charge in [0.2, 0.25) is 5.91 Å². The predicted octanol–water partition coefficient (Wildman–Crippen LogP) is 4.17. The van der Waals surface area contributed by atoms with Crippen molar-refractivity contribution in [2.45, 2.75) is 11.8 Å². The highest BCUT2D eigenvalue weighted by Crippen LogP contribution is 2.31. The number of anilines is 1. The highest BCUT2D eigenvalue weighted by atomic mass is 79.9. The number of rotatable bonds is 11. The number of nitrogens with one attached hydrogen (secondary N) is 1. The molecule has 3 aromatic rings. The van der Waals surface area contributed by atoms with E-state index in [0.29, 0.717) is 27.4 Å². The van der Waals surface area contributed by atoms with Crippen LogP contribution in [0.3, 0.4) is 0 Å². The second-order valence-electron chi connectivity index (χ2n) is 7.49. The normalized spacial score (nSPS) is 11.0. The third kappa shape index (κ3) is 6.67. The fourth-order valence-corrected chi connectivity index (χ4v) is 5.38. The predicted molar refractivity (Wildman–Crippen MR) is 138 cm³/mol. The molecule has 0 aliphatic rings. The second kappa shape index (κ2) is 11.9. The molecule has 0 unspecified atom stereocenters. The highest BCUT2D eigenvalue weighted by Gasteiger charge is 2.28. The van der Waals surface area contributed by atoms with Gasteiger partial charge in [0.15, 0.2) is 11.5 Å². The first kappa shape index (κ1) is 26.4. The van der Waals surface area contributed by atoms with Crippen LogP contribution in [0.25, 0.3) is 0 Å². The van der Waals surface area contributed by atoms with Gasteiger partial charge >= 0.3 is 0 Å². The van der Waals surface area contributed by atoms with Crippen LogP contribution in [0.4, 0.5) is 5.69 Å². The van der Waals surface area contributed by atoms with Crippen molar-refractivity contribution in [3.63, 3.8) is 0 Å². The Bertz CT molecular complexity index is 1270. The maximum absolute atomic E-state index is 13.5. The molecule has 186 valence electrons. The lowest BCUT2D eigenvalue weighted by Crippen LogP contribution is -2.42. The van der Waals surface area contributed by atoms with Gasteiger partial charge in [-0.25, -0.2) is 8.42 Å². The summed E-state index contributed by atoms with van der Waals surface area (Å²) in [6.07, 6.45) is 0. The molecule has 0 heterocycles. The van der Waals surface area contributed by atoms with Crippen molar-refractivity contribution < 1.29 is 27.4 Å². The number of methoxy groups -OCH3 is 2. The molecule has 0 atom stereocenters. The van der Waals surface area contributed by atoms with E-state index in [2.05, 4.69) is 21.2 Å². The van der Waals surface area contributed by atoms with Gasteiger partial charge in [-0.05, 0) is 65.3 Å². The van der Waals surface area contributed by atoms with Crippen molar-refractivity contribution >= 4 is 37.5 Å². The van der Waals surface area contributed by atoms with Crippen molar-refractivity contribution in [2.75, 3.05) is 38.2 Å². The maximum atomic E-state index is 13.5. The van der Waals surface area contributed by atoms with E-state index in [-0.39, 0.29) is 18.0 Å². The Hall–Kier alpha value is -3.24. The monoisotopic (exact) mass is 562 g/mol. The molecule has 0 aromatic heterocycles. The molecule has 0 aliphatic heterocycles. The van der Waals surface area contributed by atoms with E-state index in [0.717, 1.165) is 9.87 Å². The number of aryl methyl sites for hydroxylation is 1. The number of amides is 1. The van der Waals surface area contributed by atoms with Gasteiger partial charge in [0.05, 0.1) is 35.8 Å². The van der Waals surface area contributed by atoms with E-state index in [1.165, 1.54) is 19.2 Å². The highest BCUT2D eigenvalue weighted by molar-refractivity contribution is 9.10. The summed E-state index contributed by atoms with van der Waals surface area (Å²) in [5, 5.41) is 2.72. The number of hydrogen-bond acceptors (Lipinski definition) is 6. The number of para-hydroxylation sites is 2. The van der Waals surface area contributed by atoms with Crippen LogP contribution in [0.5, 0.6) is 17.2 Å². The molecule has 35 heavy (non-hydrogen) atoms. The summed E-state index contributed by atoms with van der Waals surface area (Å²) in [5.74, 6) is 1.17. The summed E-state index contributed by atoms with van der Waals surface area (Å²) in [5.41, 5.74) is 1.35. The molecule has 1 amide bonds. The molecular weight excluding hydrogens is 536 g/mol. The zero-order valence-corrected chi connectivity index (χ0v) is 22.1. The van der Waals surface area contributed by atoms with Crippen molar-refractivity contribution in [1.29, 1.82) is 0 Å². The van der Waals surface area contributed by atoms with Crippen LogP contribution >= 0.6 is 15.9 Å². The van der Waals surface area contributed by atoms with Crippen molar-refractivity contribution in [1.82, 2.24) is 5.32 Å². The number of ether oxygens (including phenoxy) is 3. The van der Waals surface area contributed by atoms with E-state index in [1.54, 1.807) is 49.6 Å². The topological polar surface area (TPSA) is 94.2 Å². The first-order valence-corrected chi connectivity index (χ1v) is 12.9. The average molecular weight is 563 g/mol. The van der Waals surface area contributed by atoms with Crippen molar-refractivity contribution in [3.05, 3.63) is 76.8 Å². The summed E-state index contributed by atoms with van der Waals surface area (Å²) in [7, 11) is -1.01. The van der Waals surface area contributed by atoms with Gasteiger partial charge in [-0.3, -0.25) is 9.10 Å². The Morgan fingerprint density at radius 1 is 0.943 bits per heavy atom. The molecule has 8 nitrogen and oxygen atoms in total. The smallest absolute Gasteiger partial charge is 0.264 e. The van der Waals surface area contributed by atoms with Gasteiger partial charge in [-0.2, -0.15) is 0 Å². The molecule has 0 spiro atoms. The summed E-state index contributed by atoms with van der Waals surface area (Å²) in [6.45, 7) is 1.88. The van der Waals surface area contributed by atoms with Gasteiger partial charge in [0, 0.05) is 0 Å². The molecule has 0 bridgehead atoms. The second-order valence-corrected chi connectivity index (χ2v) is 10.2. The Labute approximate surface area is 214 Å². The average Bonchev–Trinajstić information content (AvgIpc) is 2.86. The van der Waals surface area contributed by atoms with Crippen LogP contribution < -0.4 is 23.8 Å². The largest absolute Gasteiger partial charge is 0.496 e. The summed E-state index contributed by atoms with van der Waals surface area (Å²) >= 11 is 3.33. The van der Waals surface area contributed by atoms with Gasteiger partial charge < -0.3 is 19.5 Å². The molecule has 3 aromatic carbocycles. The van der Waals surface area contributed by atoms with E-state index < -0.39 is 22.5 Å². The third-order valence-corrected chi connectivity index (χ3v) is 7.46. The van der Waals surface area contributed by atoms with Crippen LogP contribution in [0.2, 0.25) is 0 Å². The van der Waals surface area contributed by atoms with E-state index in [9.17, 15) is 13.2 Å². The quantitative estimate of drug-likeness (QED) is 0.352.